The molecule has 6 nitrogen and oxygen atoms in total. The minimum Gasteiger partial charge on any atom is -0.462 e. The average Bonchev–Trinajstić information content (AvgIpc) is 3.35. The lowest BCUT2D eigenvalue weighted by molar-refractivity contribution is -0.141. The van der Waals surface area contributed by atoms with E-state index in [2.05, 4.69) is 10.3 Å². The van der Waals surface area contributed by atoms with Gasteiger partial charge in [-0.3, -0.25) is 4.79 Å². The summed E-state index contributed by atoms with van der Waals surface area (Å²) in [7, 11) is 0. The van der Waals surface area contributed by atoms with Crippen molar-refractivity contribution in [3.8, 4) is 0 Å². The number of nitrogens with one attached hydrogen (secondary N) is 1. The molecular formula is C22H19F3N2O4. The number of hydrogen-bond acceptors (Lipinski definition) is 5. The maximum Gasteiger partial charge on any atom is 0.433 e. The number of carbonyl (C=O) groups is 2. The van der Waals surface area contributed by atoms with Crippen LogP contribution in [-0.2, 0) is 20.4 Å². The number of nitrogens with zero attached hydrogens (tertiary/aromatic N) is 1. The number of rotatable bonds is 5. The van der Waals surface area contributed by atoms with Gasteiger partial charge in [0.25, 0.3) is 5.91 Å². The topological polar surface area (TPSA) is 77.5 Å². The molecule has 2 bridgehead atoms. The number of anilines is 1. The molecule has 1 unspecified atom stereocenters. The number of fused-ring (bicyclic) bond motifs is 2. The molecule has 31 heavy (non-hydrogen) atoms. The predicted octanol–water partition coefficient (Wildman–Crippen LogP) is 4.23. The monoisotopic (exact) mass is 432 g/mol. The molecule has 1 fully saturated rings. The van der Waals surface area contributed by atoms with Gasteiger partial charge in [0, 0.05) is 11.3 Å². The second kappa shape index (κ2) is 8.14. The minimum absolute atomic E-state index is 0.0878. The first-order valence-electron chi connectivity index (χ1n) is 9.80. The number of aromatic nitrogens is 1. The van der Waals surface area contributed by atoms with Gasteiger partial charge in [0.15, 0.2) is 0 Å². The summed E-state index contributed by atoms with van der Waals surface area (Å²) in [6, 6.07) is 9.78. The van der Waals surface area contributed by atoms with E-state index < -0.39 is 36.0 Å². The summed E-state index contributed by atoms with van der Waals surface area (Å²) in [4.78, 5) is 28.5. The van der Waals surface area contributed by atoms with Crippen molar-refractivity contribution in [3.63, 3.8) is 0 Å². The van der Waals surface area contributed by atoms with Crippen LogP contribution < -0.4 is 5.32 Å². The highest BCUT2D eigenvalue weighted by atomic mass is 19.4. The molecule has 0 radical (unpaired) electrons. The van der Waals surface area contributed by atoms with Crippen LogP contribution in [0.25, 0.3) is 5.57 Å². The van der Waals surface area contributed by atoms with E-state index in [1.54, 1.807) is 19.1 Å². The van der Waals surface area contributed by atoms with E-state index in [9.17, 15) is 22.8 Å². The van der Waals surface area contributed by atoms with E-state index in [-0.39, 0.29) is 17.9 Å². The fourth-order valence-electron chi connectivity index (χ4n) is 3.83. The van der Waals surface area contributed by atoms with Gasteiger partial charge in [0.2, 0.25) is 0 Å². The first-order valence-corrected chi connectivity index (χ1v) is 9.80. The van der Waals surface area contributed by atoms with E-state index in [0.717, 1.165) is 6.07 Å². The van der Waals surface area contributed by atoms with Crippen molar-refractivity contribution in [1.82, 2.24) is 4.98 Å². The Hall–Kier alpha value is -3.20. The van der Waals surface area contributed by atoms with E-state index >= 15 is 0 Å². The van der Waals surface area contributed by atoms with Gasteiger partial charge in [-0.1, -0.05) is 6.07 Å². The van der Waals surface area contributed by atoms with Gasteiger partial charge in [0.05, 0.1) is 35.6 Å². The number of hydrogen-bond donors (Lipinski definition) is 1. The molecule has 1 saturated heterocycles. The molecule has 9 heteroatoms. The Kier molecular flexibility index (Phi) is 5.53. The largest absolute Gasteiger partial charge is 0.462 e. The van der Waals surface area contributed by atoms with Crippen molar-refractivity contribution < 1.29 is 32.2 Å². The molecule has 2 aromatic rings. The summed E-state index contributed by atoms with van der Waals surface area (Å²) in [6.07, 6.45) is -4.32. The standard InChI is InChI=1S/C22H19F3N2O4/c1-2-30-21(29)12-6-8-13(9-7-12)26-20(28)19-16-11-10-15(31-16)18(19)14-4-3-5-17(27-14)22(23,24)25/h3-9,15-16H,2,10-11H2,1H3,(H,26,28)/t15-,16?/m0/s1. The first kappa shape index (κ1) is 21.0. The van der Waals surface area contributed by atoms with Crippen LogP contribution in [0.1, 0.15) is 41.5 Å². The summed E-state index contributed by atoms with van der Waals surface area (Å²) in [5, 5.41) is 2.73. The summed E-state index contributed by atoms with van der Waals surface area (Å²) in [5.74, 6) is -0.937. The Morgan fingerprint density at radius 2 is 1.84 bits per heavy atom. The molecule has 2 aliphatic rings. The first-order chi connectivity index (χ1) is 14.8. The molecule has 0 saturated carbocycles. The van der Waals surface area contributed by atoms with Crippen LogP contribution in [0.4, 0.5) is 18.9 Å². The van der Waals surface area contributed by atoms with Crippen molar-refractivity contribution >= 4 is 23.1 Å². The Morgan fingerprint density at radius 1 is 1.13 bits per heavy atom. The second-order valence-electron chi connectivity index (χ2n) is 7.18. The van der Waals surface area contributed by atoms with Crippen LogP contribution in [-0.4, -0.2) is 35.7 Å². The van der Waals surface area contributed by atoms with E-state index in [0.29, 0.717) is 29.7 Å². The van der Waals surface area contributed by atoms with Crippen molar-refractivity contribution in [1.29, 1.82) is 0 Å². The Bertz CT molecular complexity index is 1050. The zero-order valence-electron chi connectivity index (χ0n) is 16.5. The fourth-order valence-corrected chi connectivity index (χ4v) is 3.83. The lowest BCUT2D eigenvalue weighted by atomic mass is 9.89. The van der Waals surface area contributed by atoms with Gasteiger partial charge in [-0.25, -0.2) is 9.78 Å². The highest BCUT2D eigenvalue weighted by molar-refractivity contribution is 6.11. The smallest absolute Gasteiger partial charge is 0.433 e. The van der Waals surface area contributed by atoms with Gasteiger partial charge < -0.3 is 14.8 Å². The van der Waals surface area contributed by atoms with Gasteiger partial charge in [-0.05, 0) is 56.2 Å². The zero-order valence-corrected chi connectivity index (χ0v) is 16.5. The van der Waals surface area contributed by atoms with Crippen LogP contribution in [0.2, 0.25) is 0 Å². The summed E-state index contributed by atoms with van der Waals surface area (Å²) in [6.45, 7) is 1.95. The molecule has 2 atom stereocenters. The molecule has 3 heterocycles. The van der Waals surface area contributed by atoms with Crippen LogP contribution in [0, 0.1) is 0 Å². The van der Waals surface area contributed by atoms with Crippen molar-refractivity contribution in [2.24, 2.45) is 0 Å². The maximum atomic E-state index is 13.1. The number of benzene rings is 1. The Morgan fingerprint density at radius 3 is 2.52 bits per heavy atom. The van der Waals surface area contributed by atoms with Crippen molar-refractivity contribution in [3.05, 3.63) is 65.0 Å². The molecule has 1 N–H and O–H groups in total. The lowest BCUT2D eigenvalue weighted by Crippen LogP contribution is -2.23. The van der Waals surface area contributed by atoms with Gasteiger partial charge in [-0.15, -0.1) is 0 Å². The Balaban J connectivity index is 1.61. The minimum atomic E-state index is -4.59. The van der Waals surface area contributed by atoms with Gasteiger partial charge >= 0.3 is 12.1 Å². The quantitative estimate of drug-likeness (QED) is 0.716. The SMILES string of the molecule is CCOC(=O)c1ccc(NC(=O)C2=C(c3cccc(C(F)(F)F)n3)[C@@H]3CCC2O3)cc1. The maximum absolute atomic E-state index is 13.1. The lowest BCUT2D eigenvalue weighted by Gasteiger charge is -2.17. The summed E-state index contributed by atoms with van der Waals surface area (Å²) >= 11 is 0. The van der Waals surface area contributed by atoms with E-state index in [1.165, 1.54) is 24.3 Å². The number of esters is 1. The van der Waals surface area contributed by atoms with Crippen LogP contribution >= 0.6 is 0 Å². The molecule has 2 aliphatic heterocycles. The number of ether oxygens (including phenoxy) is 2. The molecule has 4 rings (SSSR count). The van der Waals surface area contributed by atoms with Crippen molar-refractivity contribution in [2.45, 2.75) is 38.1 Å². The van der Waals surface area contributed by atoms with Gasteiger partial charge in [0.1, 0.15) is 5.69 Å². The number of halogens is 3. The summed E-state index contributed by atoms with van der Waals surface area (Å²) in [5.41, 5.74) is 0.529. The molecular weight excluding hydrogens is 413 g/mol. The number of alkyl halides is 3. The normalized spacial score (nSPS) is 20.1. The third-order valence-electron chi connectivity index (χ3n) is 5.17. The van der Waals surface area contributed by atoms with E-state index in [4.69, 9.17) is 9.47 Å². The van der Waals surface area contributed by atoms with Crippen LogP contribution in [0.5, 0.6) is 0 Å². The fraction of sp³-hybridized carbons (Fsp3) is 0.318. The Labute approximate surface area is 176 Å². The molecule has 1 amide bonds. The number of carbonyl (C=O) groups excluding carboxylic acids is 2. The number of pyridine rings is 1. The van der Waals surface area contributed by atoms with E-state index in [1.807, 2.05) is 0 Å². The molecule has 0 aliphatic carbocycles. The highest BCUT2D eigenvalue weighted by Gasteiger charge is 2.44. The molecule has 0 spiro atoms. The van der Waals surface area contributed by atoms with Crippen molar-refractivity contribution in [2.75, 3.05) is 11.9 Å². The third kappa shape index (κ3) is 4.18. The molecule has 162 valence electrons. The molecule has 1 aromatic heterocycles. The van der Waals surface area contributed by atoms with Crippen LogP contribution in [0.3, 0.4) is 0 Å². The second-order valence-corrected chi connectivity index (χ2v) is 7.18. The summed E-state index contributed by atoms with van der Waals surface area (Å²) < 4.78 is 50.0. The number of amides is 1. The van der Waals surface area contributed by atoms with Gasteiger partial charge in [-0.2, -0.15) is 13.2 Å². The zero-order chi connectivity index (χ0) is 22.2. The third-order valence-corrected chi connectivity index (χ3v) is 5.17. The highest BCUT2D eigenvalue weighted by Crippen LogP contribution is 2.44. The average molecular weight is 432 g/mol. The molecule has 1 aromatic carbocycles. The van der Waals surface area contributed by atoms with Crippen LogP contribution in [0.15, 0.2) is 48.0 Å². The predicted molar refractivity (Wildman–Crippen MR) is 105 cm³/mol.